The minimum atomic E-state index is 0. The number of para-hydroxylation sites is 1. The van der Waals surface area contributed by atoms with Crippen molar-refractivity contribution >= 4 is 23.9 Å². The van der Waals surface area contributed by atoms with Gasteiger partial charge in [-0.25, -0.2) is 4.99 Å². The lowest BCUT2D eigenvalue weighted by Gasteiger charge is -2.02. The largest absolute Gasteiger partial charge is 0.387 e. The molecule has 0 aliphatic heterocycles. The zero-order valence-electron chi connectivity index (χ0n) is 7.90. The van der Waals surface area contributed by atoms with E-state index in [1.54, 1.807) is 0 Å². The molecule has 1 rings (SSSR count). The number of aliphatic imine (C=N–C) groups is 1. The molecule has 0 radical (unpaired) electrons. The summed E-state index contributed by atoms with van der Waals surface area (Å²) in [6.07, 6.45) is 0. The minimum Gasteiger partial charge on any atom is -0.387 e. The summed E-state index contributed by atoms with van der Waals surface area (Å²) in [5, 5.41) is 0. The first-order valence-electron chi connectivity index (χ1n) is 4.09. The second-order valence-corrected chi connectivity index (χ2v) is 3.03. The Labute approximate surface area is 85.3 Å². The third-order valence-corrected chi connectivity index (χ3v) is 1.61. The molecule has 72 valence electrons. The first-order valence-corrected chi connectivity index (χ1v) is 4.09. The normalized spacial score (nSPS) is 11.2. The van der Waals surface area contributed by atoms with E-state index >= 15 is 0 Å². The fraction of sp³-hybridized carbons (Fsp3) is 0.300. The lowest BCUT2D eigenvalue weighted by atomic mass is 10.2. The molecule has 13 heavy (non-hydrogen) atoms. The highest BCUT2D eigenvalue weighted by Gasteiger charge is 1.97. The SMILES string of the molecule is CC(C)C(N)=Nc1ccccc1.Cl. The van der Waals surface area contributed by atoms with Gasteiger partial charge in [0.2, 0.25) is 0 Å². The molecule has 0 unspecified atom stereocenters. The van der Waals surface area contributed by atoms with Crippen LogP contribution in [0.25, 0.3) is 0 Å². The molecular formula is C10H15ClN2. The number of halogens is 1. The number of hydrogen-bond acceptors (Lipinski definition) is 1. The van der Waals surface area contributed by atoms with Crippen LogP contribution < -0.4 is 5.73 Å². The standard InChI is InChI=1S/C10H14N2.ClH/c1-8(2)10(11)12-9-6-4-3-5-7-9;/h3-8H,1-2H3,(H2,11,12);1H. The van der Waals surface area contributed by atoms with E-state index < -0.39 is 0 Å². The van der Waals surface area contributed by atoms with Crippen LogP contribution in [-0.2, 0) is 0 Å². The van der Waals surface area contributed by atoms with Crippen LogP contribution in [0.1, 0.15) is 13.8 Å². The van der Waals surface area contributed by atoms with Crippen molar-refractivity contribution in [3.05, 3.63) is 30.3 Å². The Morgan fingerprint density at radius 2 is 1.77 bits per heavy atom. The van der Waals surface area contributed by atoms with Crippen molar-refractivity contribution in [1.82, 2.24) is 0 Å². The van der Waals surface area contributed by atoms with Crippen molar-refractivity contribution in [2.75, 3.05) is 0 Å². The van der Waals surface area contributed by atoms with Crippen LogP contribution in [-0.4, -0.2) is 5.84 Å². The number of benzene rings is 1. The van der Waals surface area contributed by atoms with E-state index in [1.807, 2.05) is 44.2 Å². The van der Waals surface area contributed by atoms with Gasteiger partial charge < -0.3 is 5.73 Å². The quantitative estimate of drug-likeness (QED) is 0.576. The maximum absolute atomic E-state index is 5.70. The summed E-state index contributed by atoms with van der Waals surface area (Å²) in [5.41, 5.74) is 6.62. The highest BCUT2D eigenvalue weighted by Crippen LogP contribution is 2.10. The van der Waals surface area contributed by atoms with Gasteiger partial charge in [0.25, 0.3) is 0 Å². The van der Waals surface area contributed by atoms with E-state index in [2.05, 4.69) is 4.99 Å². The molecule has 0 atom stereocenters. The second kappa shape index (κ2) is 5.60. The van der Waals surface area contributed by atoms with E-state index in [-0.39, 0.29) is 12.4 Å². The van der Waals surface area contributed by atoms with Gasteiger partial charge in [-0.15, -0.1) is 12.4 Å². The van der Waals surface area contributed by atoms with Crippen molar-refractivity contribution in [3.63, 3.8) is 0 Å². The molecular weight excluding hydrogens is 184 g/mol. The molecule has 0 fully saturated rings. The Bertz CT molecular complexity index is 268. The molecule has 2 N–H and O–H groups in total. The van der Waals surface area contributed by atoms with Gasteiger partial charge in [-0.1, -0.05) is 32.0 Å². The van der Waals surface area contributed by atoms with E-state index in [1.165, 1.54) is 0 Å². The number of amidine groups is 1. The predicted molar refractivity (Wildman–Crippen MR) is 59.8 cm³/mol. The number of rotatable bonds is 2. The van der Waals surface area contributed by atoms with Crippen molar-refractivity contribution < 1.29 is 0 Å². The van der Waals surface area contributed by atoms with Gasteiger partial charge >= 0.3 is 0 Å². The second-order valence-electron chi connectivity index (χ2n) is 3.03. The molecule has 0 amide bonds. The van der Waals surface area contributed by atoms with Crippen LogP contribution in [0.3, 0.4) is 0 Å². The Balaban J connectivity index is 0.00000144. The van der Waals surface area contributed by atoms with Gasteiger partial charge in [-0.05, 0) is 12.1 Å². The summed E-state index contributed by atoms with van der Waals surface area (Å²) < 4.78 is 0. The highest BCUT2D eigenvalue weighted by atomic mass is 35.5. The minimum absolute atomic E-state index is 0. The molecule has 0 saturated carbocycles. The maximum atomic E-state index is 5.70. The Kier molecular flexibility index (Phi) is 5.16. The summed E-state index contributed by atoms with van der Waals surface area (Å²) >= 11 is 0. The maximum Gasteiger partial charge on any atom is 0.102 e. The van der Waals surface area contributed by atoms with Crippen LogP contribution in [0.5, 0.6) is 0 Å². The average molecular weight is 199 g/mol. The van der Waals surface area contributed by atoms with Crippen LogP contribution in [0.4, 0.5) is 5.69 Å². The molecule has 0 spiro atoms. The van der Waals surface area contributed by atoms with E-state index in [0.29, 0.717) is 11.8 Å². The van der Waals surface area contributed by atoms with Crippen molar-refractivity contribution in [3.8, 4) is 0 Å². The molecule has 2 nitrogen and oxygen atoms in total. The van der Waals surface area contributed by atoms with Gasteiger partial charge in [0, 0.05) is 5.92 Å². The lowest BCUT2D eigenvalue weighted by Crippen LogP contribution is -2.17. The van der Waals surface area contributed by atoms with Crippen molar-refractivity contribution in [2.24, 2.45) is 16.6 Å². The predicted octanol–water partition coefficient (Wildman–Crippen LogP) is 2.75. The Morgan fingerprint density at radius 3 is 2.23 bits per heavy atom. The fourth-order valence-corrected chi connectivity index (χ4v) is 0.781. The molecule has 1 aromatic carbocycles. The molecule has 3 heteroatoms. The van der Waals surface area contributed by atoms with Gasteiger partial charge in [0.15, 0.2) is 0 Å². The molecule has 0 aliphatic rings. The van der Waals surface area contributed by atoms with Crippen molar-refractivity contribution in [1.29, 1.82) is 0 Å². The Hall–Kier alpha value is -1.02. The summed E-state index contributed by atoms with van der Waals surface area (Å²) in [7, 11) is 0. The van der Waals surface area contributed by atoms with Crippen LogP contribution in [0.2, 0.25) is 0 Å². The molecule has 0 bridgehead atoms. The molecule has 1 aromatic rings. The summed E-state index contributed by atoms with van der Waals surface area (Å²) in [4.78, 5) is 4.25. The van der Waals surface area contributed by atoms with E-state index in [9.17, 15) is 0 Å². The number of nitrogens with zero attached hydrogens (tertiary/aromatic N) is 1. The molecule has 0 aliphatic carbocycles. The van der Waals surface area contributed by atoms with Gasteiger partial charge in [-0.3, -0.25) is 0 Å². The number of nitrogens with two attached hydrogens (primary N) is 1. The molecule has 0 heterocycles. The van der Waals surface area contributed by atoms with Crippen LogP contribution in [0.15, 0.2) is 35.3 Å². The smallest absolute Gasteiger partial charge is 0.102 e. The summed E-state index contributed by atoms with van der Waals surface area (Å²) in [6, 6.07) is 9.74. The zero-order chi connectivity index (χ0) is 8.97. The number of hydrogen-bond donors (Lipinski definition) is 1. The molecule has 0 aromatic heterocycles. The average Bonchev–Trinajstić information content (AvgIpc) is 2.06. The Morgan fingerprint density at radius 1 is 1.23 bits per heavy atom. The lowest BCUT2D eigenvalue weighted by molar-refractivity contribution is 0.873. The zero-order valence-corrected chi connectivity index (χ0v) is 8.71. The summed E-state index contributed by atoms with van der Waals surface area (Å²) in [6.45, 7) is 4.06. The molecule has 0 saturated heterocycles. The first-order chi connectivity index (χ1) is 5.70. The van der Waals surface area contributed by atoms with Crippen molar-refractivity contribution in [2.45, 2.75) is 13.8 Å². The van der Waals surface area contributed by atoms with Crippen LogP contribution in [0, 0.1) is 5.92 Å². The third kappa shape index (κ3) is 3.95. The first kappa shape index (κ1) is 12.0. The third-order valence-electron chi connectivity index (χ3n) is 1.61. The van der Waals surface area contributed by atoms with Crippen LogP contribution >= 0.6 is 12.4 Å². The van der Waals surface area contributed by atoms with E-state index in [4.69, 9.17) is 5.73 Å². The highest BCUT2D eigenvalue weighted by molar-refractivity contribution is 5.85. The van der Waals surface area contributed by atoms with E-state index in [0.717, 1.165) is 5.69 Å². The topological polar surface area (TPSA) is 38.4 Å². The van der Waals surface area contributed by atoms with Gasteiger partial charge in [0.1, 0.15) is 5.84 Å². The summed E-state index contributed by atoms with van der Waals surface area (Å²) in [5.74, 6) is 0.992. The van der Waals surface area contributed by atoms with Gasteiger partial charge in [-0.2, -0.15) is 0 Å². The van der Waals surface area contributed by atoms with Gasteiger partial charge in [0.05, 0.1) is 5.69 Å². The monoisotopic (exact) mass is 198 g/mol. The fourth-order valence-electron chi connectivity index (χ4n) is 0.781.